The van der Waals surface area contributed by atoms with Gasteiger partial charge in [-0.3, -0.25) is 10.2 Å². The zero-order valence-electron chi connectivity index (χ0n) is 3.57. The third-order valence-corrected chi connectivity index (χ3v) is 0.597. The molecule has 0 aromatic rings. The summed E-state index contributed by atoms with van der Waals surface area (Å²) in [6.45, 7) is 0. The number of carbonyl (C=O) groups is 1. The number of nitrogens with one attached hydrogen (secondary N) is 2. The van der Waals surface area contributed by atoms with E-state index in [1.807, 2.05) is 0 Å². The maximum absolute atomic E-state index is 10.0. The first-order valence-corrected chi connectivity index (χ1v) is 2.19. The van der Waals surface area contributed by atoms with Crippen molar-refractivity contribution in [1.82, 2.24) is 5.32 Å². The van der Waals surface area contributed by atoms with Gasteiger partial charge in [-0.25, -0.2) is 0 Å². The van der Waals surface area contributed by atoms with E-state index in [-0.39, 0.29) is 11.8 Å². The summed E-state index contributed by atoms with van der Waals surface area (Å²) in [5, 5.41) is 8.39. The van der Waals surface area contributed by atoms with Gasteiger partial charge in [-0.2, -0.15) is 0 Å². The Morgan fingerprint density at radius 3 is 2.71 bits per heavy atom. The topological polar surface area (TPSA) is 53.0 Å². The summed E-state index contributed by atoms with van der Waals surface area (Å²) >= 11 is 5.02. The van der Waals surface area contributed by atoms with Crippen molar-refractivity contribution in [2.45, 2.75) is 0 Å². The van der Waals surface area contributed by atoms with Crippen LogP contribution in [0.2, 0.25) is 0 Å². The lowest BCUT2D eigenvalue weighted by atomic mass is 10.7. The van der Waals surface area contributed by atoms with Crippen molar-refractivity contribution in [2.24, 2.45) is 0 Å². The van der Waals surface area contributed by atoms with E-state index in [4.69, 9.17) is 17.0 Å². The van der Waals surface area contributed by atoms with Crippen LogP contribution in [0.25, 0.3) is 0 Å². The standard InChI is InChI=1S/C3H5ClN2O/c4-1-3(7)6-2-5/h2H,1H2,(H2,5,6,7). The van der Waals surface area contributed by atoms with Crippen molar-refractivity contribution >= 4 is 23.8 Å². The summed E-state index contributed by atoms with van der Waals surface area (Å²) in [5.41, 5.74) is 0. The Balaban J connectivity index is 3.17. The number of amides is 1. The number of hydrogen-bond acceptors (Lipinski definition) is 2. The highest BCUT2D eigenvalue weighted by molar-refractivity contribution is 6.27. The smallest absolute Gasteiger partial charge is 0.239 e. The van der Waals surface area contributed by atoms with Crippen molar-refractivity contribution in [3.05, 3.63) is 0 Å². The van der Waals surface area contributed by atoms with Gasteiger partial charge in [0.05, 0.1) is 6.34 Å². The van der Waals surface area contributed by atoms with Gasteiger partial charge in [-0.1, -0.05) is 0 Å². The molecule has 0 aliphatic heterocycles. The molecule has 4 heteroatoms. The molecule has 0 atom stereocenters. The van der Waals surface area contributed by atoms with Crippen LogP contribution in [0.1, 0.15) is 0 Å². The number of rotatable bonds is 2. The molecule has 2 N–H and O–H groups in total. The molecule has 0 bridgehead atoms. The van der Waals surface area contributed by atoms with Crippen molar-refractivity contribution in [3.63, 3.8) is 0 Å². The second-order valence-electron chi connectivity index (χ2n) is 0.845. The van der Waals surface area contributed by atoms with E-state index in [2.05, 4.69) is 5.32 Å². The summed E-state index contributed by atoms with van der Waals surface area (Å²) < 4.78 is 0. The third-order valence-electron chi connectivity index (χ3n) is 0.355. The molecule has 0 saturated carbocycles. The molecule has 0 heterocycles. The molecule has 0 radical (unpaired) electrons. The highest BCUT2D eigenvalue weighted by Gasteiger charge is 1.89. The van der Waals surface area contributed by atoms with Crippen molar-refractivity contribution in [3.8, 4) is 0 Å². The quantitative estimate of drug-likeness (QED) is 0.300. The molecule has 0 aliphatic carbocycles. The normalized spacial score (nSPS) is 7.57. The molecule has 0 unspecified atom stereocenters. The molecule has 3 nitrogen and oxygen atoms in total. The highest BCUT2D eigenvalue weighted by Crippen LogP contribution is 1.69. The van der Waals surface area contributed by atoms with Crippen LogP contribution >= 0.6 is 11.6 Å². The first-order valence-electron chi connectivity index (χ1n) is 1.65. The summed E-state index contributed by atoms with van der Waals surface area (Å²) in [7, 11) is 0. The Hall–Kier alpha value is -0.570. The Morgan fingerprint density at radius 2 is 2.57 bits per heavy atom. The fraction of sp³-hybridized carbons (Fsp3) is 0.333. The monoisotopic (exact) mass is 120 g/mol. The van der Waals surface area contributed by atoms with Crippen LogP contribution in [0.15, 0.2) is 0 Å². The van der Waals surface area contributed by atoms with Crippen LogP contribution < -0.4 is 5.32 Å². The first kappa shape index (κ1) is 6.43. The average molecular weight is 121 g/mol. The Labute approximate surface area is 46.2 Å². The van der Waals surface area contributed by atoms with E-state index in [0.717, 1.165) is 6.34 Å². The molecule has 0 rings (SSSR count). The lowest BCUT2D eigenvalue weighted by Gasteiger charge is -1.86. The lowest BCUT2D eigenvalue weighted by Crippen LogP contribution is -2.21. The predicted molar refractivity (Wildman–Crippen MR) is 27.6 cm³/mol. The van der Waals surface area contributed by atoms with Crippen LogP contribution in [0.5, 0.6) is 0 Å². The van der Waals surface area contributed by atoms with Crippen molar-refractivity contribution in [2.75, 3.05) is 5.88 Å². The third kappa shape index (κ3) is 3.26. The number of halogens is 1. The fourth-order valence-corrected chi connectivity index (χ4v) is 0.196. The maximum atomic E-state index is 10.0. The molecule has 0 fully saturated rings. The minimum absolute atomic E-state index is 0.0879. The van der Waals surface area contributed by atoms with Gasteiger partial charge in [0.1, 0.15) is 5.88 Å². The molecule has 0 aliphatic rings. The minimum Gasteiger partial charge on any atom is -0.316 e. The Morgan fingerprint density at radius 1 is 2.00 bits per heavy atom. The Bertz CT molecular complexity index is 83.0. The summed E-state index contributed by atoms with van der Waals surface area (Å²) in [4.78, 5) is 10.0. The molecule has 40 valence electrons. The molecular weight excluding hydrogens is 115 g/mol. The summed E-state index contributed by atoms with van der Waals surface area (Å²) in [6, 6.07) is 0. The number of alkyl halides is 1. The van der Waals surface area contributed by atoms with Gasteiger partial charge in [0.15, 0.2) is 0 Å². The van der Waals surface area contributed by atoms with E-state index in [0.29, 0.717) is 0 Å². The van der Waals surface area contributed by atoms with Gasteiger partial charge < -0.3 is 5.32 Å². The van der Waals surface area contributed by atoms with Crippen molar-refractivity contribution < 1.29 is 4.79 Å². The highest BCUT2D eigenvalue weighted by atomic mass is 35.5. The number of carbonyl (C=O) groups excluding carboxylic acids is 1. The van der Waals surface area contributed by atoms with Gasteiger partial charge in [0, 0.05) is 0 Å². The maximum Gasteiger partial charge on any atom is 0.239 e. The van der Waals surface area contributed by atoms with Crippen LogP contribution in [0.4, 0.5) is 0 Å². The number of hydrogen-bond donors (Lipinski definition) is 2. The van der Waals surface area contributed by atoms with Crippen LogP contribution in [0.3, 0.4) is 0 Å². The van der Waals surface area contributed by atoms with E-state index in [1.54, 1.807) is 0 Å². The zero-order valence-corrected chi connectivity index (χ0v) is 4.33. The van der Waals surface area contributed by atoms with Gasteiger partial charge >= 0.3 is 0 Å². The molecule has 1 amide bonds. The predicted octanol–water partition coefficient (Wildman–Crippen LogP) is -0.0515. The van der Waals surface area contributed by atoms with E-state index in [9.17, 15) is 4.79 Å². The van der Waals surface area contributed by atoms with E-state index < -0.39 is 0 Å². The molecule has 0 aromatic heterocycles. The molecule has 0 saturated heterocycles. The Kier molecular flexibility index (Phi) is 3.32. The van der Waals surface area contributed by atoms with Gasteiger partial charge in [0.25, 0.3) is 0 Å². The summed E-state index contributed by atoms with van der Waals surface area (Å²) in [5.74, 6) is -0.438. The van der Waals surface area contributed by atoms with Gasteiger partial charge in [0.2, 0.25) is 5.91 Å². The van der Waals surface area contributed by atoms with Crippen LogP contribution in [0, 0.1) is 5.41 Å². The average Bonchev–Trinajstić information content (AvgIpc) is 1.68. The minimum atomic E-state index is -0.350. The SMILES string of the molecule is N=CNC(=O)CCl. The van der Waals surface area contributed by atoms with E-state index in [1.165, 1.54) is 0 Å². The first-order chi connectivity index (χ1) is 3.31. The zero-order chi connectivity index (χ0) is 5.70. The van der Waals surface area contributed by atoms with Crippen LogP contribution in [-0.4, -0.2) is 18.1 Å². The summed E-state index contributed by atoms with van der Waals surface area (Å²) in [6.07, 6.45) is 0.796. The largest absolute Gasteiger partial charge is 0.316 e. The van der Waals surface area contributed by atoms with E-state index >= 15 is 0 Å². The fourth-order valence-electron chi connectivity index (χ4n) is 0.119. The molecule has 0 spiro atoms. The van der Waals surface area contributed by atoms with Crippen LogP contribution in [-0.2, 0) is 4.79 Å². The van der Waals surface area contributed by atoms with Crippen molar-refractivity contribution in [1.29, 1.82) is 5.41 Å². The molecular formula is C3H5ClN2O. The lowest BCUT2D eigenvalue weighted by molar-refractivity contribution is -0.117. The van der Waals surface area contributed by atoms with Gasteiger partial charge in [-0.05, 0) is 0 Å². The second kappa shape index (κ2) is 3.61. The molecule has 0 aromatic carbocycles. The molecule has 7 heavy (non-hydrogen) atoms. The van der Waals surface area contributed by atoms with Gasteiger partial charge in [-0.15, -0.1) is 11.6 Å². The second-order valence-corrected chi connectivity index (χ2v) is 1.11.